The molecule has 1 aromatic rings. The fraction of sp³-hybridized carbons (Fsp3) is 0.647. The number of hydrogen-bond donors (Lipinski definition) is 2. The number of aliphatic hydroxyl groups excluding tert-OH is 1. The topological polar surface area (TPSA) is 55.5 Å². The van der Waals surface area contributed by atoms with E-state index in [0.717, 1.165) is 31.4 Å². The van der Waals surface area contributed by atoms with Gasteiger partial charge in [-0.1, -0.05) is 6.07 Å². The summed E-state index contributed by atoms with van der Waals surface area (Å²) < 4.78 is 6.13. The van der Waals surface area contributed by atoms with Crippen molar-refractivity contribution in [1.29, 1.82) is 0 Å². The molecule has 2 unspecified atom stereocenters. The average molecular weight is 275 g/mol. The van der Waals surface area contributed by atoms with E-state index in [1.54, 1.807) is 0 Å². The first-order chi connectivity index (χ1) is 9.68. The number of hydrogen-bond acceptors (Lipinski definition) is 3. The van der Waals surface area contributed by atoms with Crippen molar-refractivity contribution in [3.63, 3.8) is 0 Å². The lowest BCUT2D eigenvalue weighted by atomic mass is 9.81. The van der Waals surface area contributed by atoms with E-state index in [-0.39, 0.29) is 12.7 Å². The van der Waals surface area contributed by atoms with Gasteiger partial charge >= 0.3 is 0 Å². The number of rotatable bonds is 3. The van der Waals surface area contributed by atoms with Gasteiger partial charge in [0.2, 0.25) is 0 Å². The van der Waals surface area contributed by atoms with Gasteiger partial charge in [0.15, 0.2) is 0 Å². The molecule has 0 heterocycles. The van der Waals surface area contributed by atoms with E-state index in [0.29, 0.717) is 0 Å². The molecule has 1 aromatic carbocycles. The number of ether oxygens (including phenoxy) is 1. The van der Waals surface area contributed by atoms with Crippen LogP contribution in [-0.4, -0.2) is 23.4 Å². The van der Waals surface area contributed by atoms with E-state index in [4.69, 9.17) is 10.5 Å². The second-order valence-electron chi connectivity index (χ2n) is 6.49. The van der Waals surface area contributed by atoms with Gasteiger partial charge in [0, 0.05) is 12.0 Å². The molecule has 0 aliphatic heterocycles. The highest BCUT2D eigenvalue weighted by atomic mass is 16.5. The summed E-state index contributed by atoms with van der Waals surface area (Å²) in [6.45, 7) is 0.0526. The van der Waals surface area contributed by atoms with E-state index in [2.05, 4.69) is 18.2 Å². The Balaban J connectivity index is 1.68. The van der Waals surface area contributed by atoms with Gasteiger partial charge in [-0.3, -0.25) is 0 Å². The maximum absolute atomic E-state index is 9.41. The highest BCUT2D eigenvalue weighted by Gasteiger charge is 2.33. The lowest BCUT2D eigenvalue weighted by Gasteiger charge is -2.36. The highest BCUT2D eigenvalue weighted by molar-refractivity contribution is 5.37. The maximum atomic E-state index is 9.41. The van der Waals surface area contributed by atoms with E-state index in [9.17, 15) is 5.11 Å². The van der Waals surface area contributed by atoms with Gasteiger partial charge in [-0.2, -0.15) is 0 Å². The third-order valence-corrected chi connectivity index (χ3v) is 4.77. The van der Waals surface area contributed by atoms with Crippen molar-refractivity contribution < 1.29 is 9.84 Å². The zero-order valence-corrected chi connectivity index (χ0v) is 12.1. The molecule has 0 bridgehead atoms. The zero-order chi connectivity index (χ0) is 14.0. The number of benzene rings is 1. The normalized spacial score (nSPS) is 29.8. The van der Waals surface area contributed by atoms with E-state index < -0.39 is 5.54 Å². The number of aliphatic hydroxyl groups is 1. The molecule has 3 rings (SSSR count). The predicted octanol–water partition coefficient (Wildman–Crippen LogP) is 2.58. The summed E-state index contributed by atoms with van der Waals surface area (Å²) in [4.78, 5) is 0. The number of nitrogens with two attached hydrogens (primary N) is 1. The Hall–Kier alpha value is -1.06. The van der Waals surface area contributed by atoms with Crippen LogP contribution in [-0.2, 0) is 12.8 Å². The molecule has 1 fully saturated rings. The van der Waals surface area contributed by atoms with Gasteiger partial charge in [-0.15, -0.1) is 0 Å². The van der Waals surface area contributed by atoms with Crippen molar-refractivity contribution in [2.75, 3.05) is 6.61 Å². The molecule has 0 saturated heterocycles. The van der Waals surface area contributed by atoms with Crippen LogP contribution in [0.5, 0.6) is 5.75 Å². The Kier molecular flexibility index (Phi) is 3.99. The van der Waals surface area contributed by atoms with E-state index >= 15 is 0 Å². The second kappa shape index (κ2) is 5.74. The Bertz CT molecular complexity index is 474. The molecule has 2 aliphatic rings. The molecule has 110 valence electrons. The maximum Gasteiger partial charge on any atom is 0.120 e. The summed E-state index contributed by atoms with van der Waals surface area (Å²) >= 11 is 0. The van der Waals surface area contributed by atoms with Crippen molar-refractivity contribution in [3.8, 4) is 5.75 Å². The Morgan fingerprint density at radius 3 is 2.80 bits per heavy atom. The molecule has 2 aliphatic carbocycles. The van der Waals surface area contributed by atoms with Gasteiger partial charge in [-0.05, 0) is 68.2 Å². The molecule has 0 amide bonds. The fourth-order valence-corrected chi connectivity index (χ4v) is 3.56. The largest absolute Gasteiger partial charge is 0.490 e. The van der Waals surface area contributed by atoms with E-state index in [1.807, 2.05) is 0 Å². The minimum absolute atomic E-state index is 0.0526. The van der Waals surface area contributed by atoms with Crippen LogP contribution in [0.2, 0.25) is 0 Å². The first-order valence-corrected chi connectivity index (χ1v) is 7.87. The molecular weight excluding hydrogens is 250 g/mol. The fourth-order valence-electron chi connectivity index (χ4n) is 3.56. The molecule has 0 radical (unpaired) electrons. The Labute approximate surface area is 121 Å². The molecule has 2 atom stereocenters. The summed E-state index contributed by atoms with van der Waals surface area (Å²) in [5.74, 6) is 0.970. The molecule has 20 heavy (non-hydrogen) atoms. The summed E-state index contributed by atoms with van der Waals surface area (Å²) in [7, 11) is 0. The summed E-state index contributed by atoms with van der Waals surface area (Å²) in [6.07, 6.45) is 8.83. The standard InChI is InChI=1S/C17H25NO2/c18-17(12-19)9-3-6-16(11-17)20-15-8-7-13-4-1-2-5-14(13)10-15/h7-8,10,16,19H,1-6,9,11-12,18H2. The van der Waals surface area contributed by atoms with Gasteiger partial charge in [-0.25, -0.2) is 0 Å². The van der Waals surface area contributed by atoms with Gasteiger partial charge in [0.1, 0.15) is 11.9 Å². The molecule has 3 nitrogen and oxygen atoms in total. The molecule has 3 N–H and O–H groups in total. The minimum atomic E-state index is -0.447. The van der Waals surface area contributed by atoms with Crippen molar-refractivity contribution in [3.05, 3.63) is 29.3 Å². The van der Waals surface area contributed by atoms with Crippen LogP contribution in [0.3, 0.4) is 0 Å². The van der Waals surface area contributed by atoms with Crippen LogP contribution >= 0.6 is 0 Å². The van der Waals surface area contributed by atoms with Crippen LogP contribution in [0.1, 0.15) is 49.7 Å². The zero-order valence-electron chi connectivity index (χ0n) is 12.1. The highest BCUT2D eigenvalue weighted by Crippen LogP contribution is 2.31. The number of fused-ring (bicyclic) bond motifs is 1. The second-order valence-corrected chi connectivity index (χ2v) is 6.49. The smallest absolute Gasteiger partial charge is 0.120 e. The Morgan fingerprint density at radius 1 is 1.20 bits per heavy atom. The monoisotopic (exact) mass is 275 g/mol. The lowest BCUT2D eigenvalue weighted by molar-refractivity contribution is 0.0728. The van der Waals surface area contributed by atoms with Crippen molar-refractivity contribution in [2.45, 2.75) is 63.0 Å². The summed E-state index contributed by atoms with van der Waals surface area (Å²) in [6, 6.07) is 6.52. The lowest BCUT2D eigenvalue weighted by Crippen LogP contribution is -2.50. The van der Waals surface area contributed by atoms with Crippen LogP contribution < -0.4 is 10.5 Å². The first-order valence-electron chi connectivity index (χ1n) is 7.87. The molecular formula is C17H25NO2. The quantitative estimate of drug-likeness (QED) is 0.891. The number of aryl methyl sites for hydroxylation is 2. The molecule has 3 heteroatoms. The molecule has 0 spiro atoms. The van der Waals surface area contributed by atoms with Crippen molar-refractivity contribution >= 4 is 0 Å². The van der Waals surface area contributed by atoms with Gasteiger partial charge in [0.25, 0.3) is 0 Å². The third-order valence-electron chi connectivity index (χ3n) is 4.77. The van der Waals surface area contributed by atoms with E-state index in [1.165, 1.54) is 36.8 Å². The van der Waals surface area contributed by atoms with Crippen LogP contribution in [0.25, 0.3) is 0 Å². The van der Waals surface area contributed by atoms with Crippen LogP contribution in [0, 0.1) is 0 Å². The van der Waals surface area contributed by atoms with Crippen LogP contribution in [0.4, 0.5) is 0 Å². The Morgan fingerprint density at radius 2 is 2.00 bits per heavy atom. The summed E-state index contributed by atoms with van der Waals surface area (Å²) in [5.41, 5.74) is 8.67. The molecule has 1 saturated carbocycles. The summed E-state index contributed by atoms with van der Waals surface area (Å²) in [5, 5.41) is 9.41. The minimum Gasteiger partial charge on any atom is -0.490 e. The van der Waals surface area contributed by atoms with Crippen LogP contribution in [0.15, 0.2) is 18.2 Å². The first kappa shape index (κ1) is 13.9. The van der Waals surface area contributed by atoms with Crippen molar-refractivity contribution in [1.82, 2.24) is 0 Å². The SMILES string of the molecule is NC1(CO)CCCC(Oc2ccc3c(c2)CCCC3)C1. The molecule has 0 aromatic heterocycles. The van der Waals surface area contributed by atoms with Gasteiger partial charge in [0.05, 0.1) is 6.61 Å². The van der Waals surface area contributed by atoms with Gasteiger partial charge < -0.3 is 15.6 Å². The van der Waals surface area contributed by atoms with Crippen molar-refractivity contribution in [2.24, 2.45) is 5.73 Å². The third kappa shape index (κ3) is 2.99. The average Bonchev–Trinajstić information content (AvgIpc) is 2.47. The predicted molar refractivity (Wildman–Crippen MR) is 80.0 cm³/mol.